The van der Waals surface area contributed by atoms with Gasteiger partial charge in [0.2, 0.25) is 0 Å². The highest BCUT2D eigenvalue weighted by Gasteiger charge is 2.38. The molecule has 0 bridgehead atoms. The van der Waals surface area contributed by atoms with Gasteiger partial charge < -0.3 is 10.3 Å². The molecule has 2 N–H and O–H groups in total. The lowest BCUT2D eigenvalue weighted by Crippen LogP contribution is -2.46. The number of nitrogens with zero attached hydrogens (tertiary/aromatic N) is 2. The molecule has 0 atom stereocenters. The monoisotopic (exact) mass is 386 g/mol. The number of benzene rings is 1. The molecule has 1 aromatic carbocycles. The summed E-state index contributed by atoms with van der Waals surface area (Å²) >= 11 is 0. The average molecular weight is 386 g/mol. The van der Waals surface area contributed by atoms with E-state index in [4.69, 9.17) is 0 Å². The first-order valence-corrected chi connectivity index (χ1v) is 10.6. The van der Waals surface area contributed by atoms with Crippen molar-refractivity contribution in [3.8, 4) is 11.4 Å². The summed E-state index contributed by atoms with van der Waals surface area (Å²) in [6, 6.07) is 4.31. The van der Waals surface area contributed by atoms with Gasteiger partial charge in [0.15, 0.2) is 0 Å². The van der Waals surface area contributed by atoms with E-state index in [1.54, 1.807) is 0 Å². The molecule has 0 radical (unpaired) electrons. The molecule has 0 unspecified atom stereocenters. The number of hydrogen-bond acceptors (Lipinski definition) is 3. The number of imidazole rings is 1. The second-order valence-electron chi connectivity index (χ2n) is 8.84. The zero-order valence-corrected chi connectivity index (χ0v) is 16.2. The SMILES string of the molecule is Fc1ccc(-c2nc3c([nH]2)CN(C2CCC4(CCNCC4)CC2)CC3)c(F)c1. The molecule has 1 saturated carbocycles. The van der Waals surface area contributed by atoms with Crippen molar-refractivity contribution < 1.29 is 8.78 Å². The molecule has 4 nitrogen and oxygen atoms in total. The highest BCUT2D eigenvalue weighted by atomic mass is 19.1. The zero-order valence-electron chi connectivity index (χ0n) is 16.2. The molecule has 2 fully saturated rings. The molecule has 28 heavy (non-hydrogen) atoms. The molecule has 5 rings (SSSR count). The van der Waals surface area contributed by atoms with Gasteiger partial charge in [-0.1, -0.05) is 0 Å². The van der Waals surface area contributed by atoms with Crippen LogP contribution in [0.25, 0.3) is 11.4 Å². The largest absolute Gasteiger partial charge is 0.340 e. The van der Waals surface area contributed by atoms with Crippen LogP contribution in [0.1, 0.15) is 49.9 Å². The molecule has 6 heteroatoms. The standard InChI is InChI=1S/C22H28F2N4/c23-15-1-2-17(18(24)13-15)21-26-19-5-12-28(14-20(19)27-21)16-3-6-22(7-4-16)8-10-25-11-9-22/h1-2,13,16,25H,3-12,14H2,(H,26,27). The molecule has 2 aliphatic heterocycles. The Labute approximate surface area is 164 Å². The third-order valence-electron chi connectivity index (χ3n) is 7.24. The Morgan fingerprint density at radius 2 is 1.86 bits per heavy atom. The van der Waals surface area contributed by atoms with Crippen LogP contribution in [0.2, 0.25) is 0 Å². The van der Waals surface area contributed by atoms with Crippen LogP contribution < -0.4 is 5.32 Å². The van der Waals surface area contributed by atoms with Crippen molar-refractivity contribution in [3.05, 3.63) is 41.2 Å². The minimum atomic E-state index is -0.567. The Bertz CT molecular complexity index is 846. The van der Waals surface area contributed by atoms with Crippen LogP contribution in [0.4, 0.5) is 8.78 Å². The Kier molecular flexibility index (Phi) is 4.71. The van der Waals surface area contributed by atoms with E-state index in [1.165, 1.54) is 63.7 Å². The molecule has 150 valence electrons. The predicted octanol–water partition coefficient (Wildman–Crippen LogP) is 4.03. The molecule has 1 saturated heterocycles. The highest BCUT2D eigenvalue weighted by Crippen LogP contribution is 2.44. The van der Waals surface area contributed by atoms with Gasteiger partial charge in [0.05, 0.1) is 17.0 Å². The summed E-state index contributed by atoms with van der Waals surface area (Å²) in [6.07, 6.45) is 8.80. The first-order chi connectivity index (χ1) is 13.6. The van der Waals surface area contributed by atoms with Crippen LogP contribution in [-0.2, 0) is 13.0 Å². The van der Waals surface area contributed by atoms with Crippen LogP contribution in [0.15, 0.2) is 18.2 Å². The minimum Gasteiger partial charge on any atom is -0.340 e. The maximum Gasteiger partial charge on any atom is 0.140 e. The van der Waals surface area contributed by atoms with E-state index >= 15 is 0 Å². The average Bonchev–Trinajstić information content (AvgIpc) is 3.12. The maximum absolute atomic E-state index is 14.1. The van der Waals surface area contributed by atoms with Crippen molar-refractivity contribution in [2.75, 3.05) is 19.6 Å². The Hall–Kier alpha value is -1.79. The van der Waals surface area contributed by atoms with Crippen molar-refractivity contribution in [3.63, 3.8) is 0 Å². The van der Waals surface area contributed by atoms with Crippen LogP contribution in [-0.4, -0.2) is 40.5 Å². The number of fused-ring (bicyclic) bond motifs is 1. The second-order valence-corrected chi connectivity index (χ2v) is 8.84. The van der Waals surface area contributed by atoms with E-state index in [0.29, 0.717) is 22.8 Å². The maximum atomic E-state index is 14.1. The smallest absolute Gasteiger partial charge is 0.140 e. The number of aromatic amines is 1. The fourth-order valence-corrected chi connectivity index (χ4v) is 5.47. The van der Waals surface area contributed by atoms with Crippen LogP contribution in [0.3, 0.4) is 0 Å². The third-order valence-corrected chi connectivity index (χ3v) is 7.24. The van der Waals surface area contributed by atoms with Gasteiger partial charge in [-0.05, 0) is 69.2 Å². The summed E-state index contributed by atoms with van der Waals surface area (Å²) in [5.74, 6) is -0.614. The molecule has 2 aromatic rings. The number of rotatable bonds is 2. The van der Waals surface area contributed by atoms with Gasteiger partial charge >= 0.3 is 0 Å². The number of piperidine rings is 1. The van der Waals surface area contributed by atoms with Gasteiger partial charge in [0, 0.05) is 31.6 Å². The fourth-order valence-electron chi connectivity index (χ4n) is 5.47. The van der Waals surface area contributed by atoms with Gasteiger partial charge in [-0.25, -0.2) is 13.8 Å². The van der Waals surface area contributed by atoms with Crippen molar-refractivity contribution in [1.82, 2.24) is 20.2 Å². The Balaban J connectivity index is 1.28. The minimum absolute atomic E-state index is 0.341. The van der Waals surface area contributed by atoms with E-state index in [9.17, 15) is 8.78 Å². The van der Waals surface area contributed by atoms with Crippen LogP contribution in [0, 0.1) is 17.0 Å². The van der Waals surface area contributed by atoms with Crippen LogP contribution in [0.5, 0.6) is 0 Å². The molecule has 1 aromatic heterocycles. The third kappa shape index (κ3) is 3.37. The normalized spacial score (nSPS) is 23.1. The fraction of sp³-hybridized carbons (Fsp3) is 0.591. The molecule has 0 amide bonds. The topological polar surface area (TPSA) is 44.0 Å². The number of halogens is 2. The van der Waals surface area contributed by atoms with Gasteiger partial charge in [-0.2, -0.15) is 0 Å². The lowest BCUT2D eigenvalue weighted by molar-refractivity contribution is 0.0583. The summed E-state index contributed by atoms with van der Waals surface area (Å²) in [5.41, 5.74) is 3.05. The van der Waals surface area contributed by atoms with E-state index in [1.807, 2.05) is 0 Å². The Morgan fingerprint density at radius 3 is 2.61 bits per heavy atom. The van der Waals surface area contributed by atoms with Gasteiger partial charge in [0.25, 0.3) is 0 Å². The van der Waals surface area contributed by atoms with Gasteiger partial charge in [-0.15, -0.1) is 0 Å². The molecule has 3 heterocycles. The van der Waals surface area contributed by atoms with E-state index in [2.05, 4.69) is 20.2 Å². The van der Waals surface area contributed by atoms with Gasteiger partial charge in [0.1, 0.15) is 17.5 Å². The first-order valence-electron chi connectivity index (χ1n) is 10.6. The lowest BCUT2D eigenvalue weighted by atomic mass is 9.67. The van der Waals surface area contributed by atoms with E-state index < -0.39 is 11.6 Å². The molecular formula is C22H28F2N4. The molecular weight excluding hydrogens is 358 g/mol. The number of aromatic nitrogens is 2. The van der Waals surface area contributed by atoms with Crippen molar-refractivity contribution in [1.29, 1.82) is 0 Å². The first kappa shape index (κ1) is 18.3. The lowest BCUT2D eigenvalue weighted by Gasteiger charge is -2.46. The van der Waals surface area contributed by atoms with E-state index in [-0.39, 0.29) is 0 Å². The second kappa shape index (κ2) is 7.23. The molecule has 1 spiro atoms. The quantitative estimate of drug-likeness (QED) is 0.819. The summed E-state index contributed by atoms with van der Waals surface area (Å²) in [6.45, 7) is 4.22. The summed E-state index contributed by atoms with van der Waals surface area (Å²) < 4.78 is 27.3. The van der Waals surface area contributed by atoms with Crippen LogP contribution >= 0.6 is 0 Å². The Morgan fingerprint density at radius 1 is 1.07 bits per heavy atom. The van der Waals surface area contributed by atoms with Crippen molar-refractivity contribution >= 4 is 0 Å². The van der Waals surface area contributed by atoms with Crippen molar-refractivity contribution in [2.24, 2.45) is 5.41 Å². The number of hydrogen-bond donors (Lipinski definition) is 2. The predicted molar refractivity (Wildman–Crippen MR) is 105 cm³/mol. The molecule has 3 aliphatic rings. The zero-order chi connectivity index (χ0) is 19.1. The van der Waals surface area contributed by atoms with Crippen molar-refractivity contribution in [2.45, 2.75) is 57.5 Å². The summed E-state index contributed by atoms with van der Waals surface area (Å²) in [4.78, 5) is 10.5. The molecule has 1 aliphatic carbocycles. The summed E-state index contributed by atoms with van der Waals surface area (Å²) in [5, 5.41) is 3.50. The summed E-state index contributed by atoms with van der Waals surface area (Å²) in [7, 11) is 0. The number of H-pyrrole nitrogens is 1. The van der Waals surface area contributed by atoms with E-state index in [0.717, 1.165) is 37.0 Å². The highest BCUT2D eigenvalue weighted by molar-refractivity contribution is 5.57. The van der Waals surface area contributed by atoms with Gasteiger partial charge in [-0.3, -0.25) is 4.90 Å². The number of nitrogens with one attached hydrogen (secondary N) is 2.